The van der Waals surface area contributed by atoms with E-state index >= 15 is 0 Å². The molecule has 10 nitrogen and oxygen atoms in total. The number of hydrogen-bond acceptors (Lipinski definition) is 10. The first-order valence-electron chi connectivity index (χ1n) is 13.4. The molecule has 1 aromatic rings. The Hall–Kier alpha value is -2.44. The molecular formula is C28H40O10Si. The first-order valence-corrected chi connectivity index (χ1v) is 15.9. The van der Waals surface area contributed by atoms with Crippen LogP contribution in [0.4, 0.5) is 0 Å². The molecule has 2 aliphatic rings. The maximum absolute atomic E-state index is 13.6. The summed E-state index contributed by atoms with van der Waals surface area (Å²) in [6.45, 7) is 7.03. The van der Waals surface area contributed by atoms with Gasteiger partial charge in [0.25, 0.3) is 0 Å². The lowest BCUT2D eigenvalue weighted by Crippen LogP contribution is -2.80. The molecule has 0 radical (unpaired) electrons. The van der Waals surface area contributed by atoms with Crippen molar-refractivity contribution in [2.45, 2.75) is 76.5 Å². The van der Waals surface area contributed by atoms with Crippen LogP contribution in [-0.4, -0.2) is 77.8 Å². The highest BCUT2D eigenvalue weighted by Crippen LogP contribution is 2.58. The van der Waals surface area contributed by atoms with E-state index in [0.29, 0.717) is 30.7 Å². The van der Waals surface area contributed by atoms with Crippen LogP contribution in [0.1, 0.15) is 33.3 Å². The van der Waals surface area contributed by atoms with Crippen molar-refractivity contribution in [2.75, 3.05) is 20.8 Å². The van der Waals surface area contributed by atoms with Gasteiger partial charge in [-0.2, -0.15) is 0 Å². The Balaban J connectivity index is 2.28. The van der Waals surface area contributed by atoms with Crippen molar-refractivity contribution in [2.24, 2.45) is 17.3 Å². The predicted octanol–water partition coefficient (Wildman–Crippen LogP) is 3.07. The van der Waals surface area contributed by atoms with Crippen molar-refractivity contribution in [3.05, 3.63) is 35.9 Å². The van der Waals surface area contributed by atoms with Gasteiger partial charge in [0.15, 0.2) is 14.4 Å². The molecular weight excluding hydrogens is 524 g/mol. The van der Waals surface area contributed by atoms with Crippen LogP contribution >= 0.6 is 0 Å². The highest BCUT2D eigenvalue weighted by atomic mass is 28.4. The van der Waals surface area contributed by atoms with Gasteiger partial charge in [0.05, 0.1) is 18.6 Å². The number of carbonyl (C=O) groups excluding carboxylic acids is 4. The zero-order valence-electron chi connectivity index (χ0n) is 23.5. The van der Waals surface area contributed by atoms with E-state index in [-0.39, 0.29) is 13.2 Å². The van der Waals surface area contributed by atoms with Crippen molar-refractivity contribution in [3.63, 3.8) is 0 Å². The monoisotopic (exact) mass is 564 g/mol. The largest absolute Gasteiger partial charge is 0.463 e. The van der Waals surface area contributed by atoms with Crippen LogP contribution in [0.25, 0.3) is 0 Å². The molecule has 11 heteroatoms. The van der Waals surface area contributed by atoms with E-state index in [1.165, 1.54) is 21.1 Å². The highest BCUT2D eigenvalue weighted by Gasteiger charge is 2.78. The van der Waals surface area contributed by atoms with Gasteiger partial charge >= 0.3 is 11.9 Å². The number of rotatable bonds is 13. The Labute approximate surface area is 230 Å². The first-order chi connectivity index (χ1) is 18.7. The van der Waals surface area contributed by atoms with Gasteiger partial charge in [-0.3, -0.25) is 9.59 Å². The van der Waals surface area contributed by atoms with Gasteiger partial charge < -0.3 is 37.7 Å². The summed E-state index contributed by atoms with van der Waals surface area (Å²) in [4.78, 5) is 52.2. The highest BCUT2D eigenvalue weighted by molar-refractivity contribution is 6.73. The number of benzene rings is 1. The predicted molar refractivity (Wildman–Crippen MR) is 142 cm³/mol. The Morgan fingerprint density at radius 3 is 2.18 bits per heavy atom. The number of cyclic esters (lactones) is 1. The zero-order valence-corrected chi connectivity index (χ0v) is 24.5. The number of esters is 2. The Kier molecular flexibility index (Phi) is 10.2. The third kappa shape index (κ3) is 5.22. The van der Waals surface area contributed by atoms with Crippen LogP contribution < -0.4 is 0 Å². The molecule has 0 spiro atoms. The van der Waals surface area contributed by atoms with Crippen LogP contribution in [0.15, 0.2) is 30.3 Å². The average Bonchev–Trinajstić information content (AvgIpc) is 2.96. The van der Waals surface area contributed by atoms with Crippen LogP contribution in [0, 0.1) is 17.3 Å². The third-order valence-electron chi connectivity index (χ3n) is 8.58. The van der Waals surface area contributed by atoms with Gasteiger partial charge in [-0.25, -0.2) is 0 Å². The minimum Gasteiger partial charge on any atom is -0.463 e. The normalized spacial score (nSPS) is 30.1. The van der Waals surface area contributed by atoms with Gasteiger partial charge in [0.1, 0.15) is 36.6 Å². The second kappa shape index (κ2) is 12.8. The molecule has 3 rings (SSSR count). The molecule has 0 amide bonds. The molecule has 1 saturated carbocycles. The van der Waals surface area contributed by atoms with Crippen molar-refractivity contribution in [1.82, 2.24) is 0 Å². The zero-order chi connectivity index (χ0) is 28.8. The fraction of sp³-hybridized carbons (Fsp3) is 0.643. The Morgan fingerprint density at radius 1 is 1.08 bits per heavy atom. The number of hydrogen-bond donors (Lipinski definition) is 0. The van der Waals surface area contributed by atoms with Crippen LogP contribution in [0.2, 0.25) is 18.1 Å². The lowest BCUT2D eigenvalue weighted by Gasteiger charge is -2.62. The molecule has 1 aromatic carbocycles. The number of aldehydes is 2. The van der Waals surface area contributed by atoms with E-state index in [9.17, 15) is 19.2 Å². The van der Waals surface area contributed by atoms with Crippen molar-refractivity contribution >= 4 is 32.8 Å². The summed E-state index contributed by atoms with van der Waals surface area (Å²) in [5.74, 6) is -6.03. The molecule has 1 heterocycles. The Morgan fingerprint density at radius 2 is 1.69 bits per heavy atom. The maximum atomic E-state index is 13.6. The lowest BCUT2D eigenvalue weighted by atomic mass is 9.54. The van der Waals surface area contributed by atoms with Gasteiger partial charge in [-0.05, 0) is 23.7 Å². The summed E-state index contributed by atoms with van der Waals surface area (Å²) in [6, 6.07) is 11.4. The molecule has 1 saturated heterocycles. The summed E-state index contributed by atoms with van der Waals surface area (Å²) >= 11 is 0. The summed E-state index contributed by atoms with van der Waals surface area (Å²) in [6.07, 6.45) is -2.48. The second-order valence-electron chi connectivity index (χ2n) is 10.1. The Bertz CT molecular complexity index is 1000. The minimum absolute atomic E-state index is 0.0906. The smallest absolute Gasteiger partial charge is 0.312 e. The standard InChI is InChI=1S/C28H40O10Si/c1-7-39(8-2,9-3)38-24-21(15-29)25(37-19(4)31)28(33-5,34-6)27(18-30)22(17-36-26(32)23(24)27)35-16-20-13-11-10-12-14-20/h10-15,18,21-25H,7-9,16-17H2,1-6H3/t21-,22+,23+,24+,25-,27-/m0/s1. The number of methoxy groups -OCH3 is 2. The molecule has 0 unspecified atom stereocenters. The van der Waals surface area contributed by atoms with E-state index in [1.54, 1.807) is 0 Å². The quantitative estimate of drug-likeness (QED) is 0.153. The number of carbonyl (C=O) groups is 4. The fourth-order valence-corrected chi connectivity index (χ4v) is 9.17. The van der Waals surface area contributed by atoms with Gasteiger partial charge in [-0.1, -0.05) is 51.1 Å². The van der Waals surface area contributed by atoms with E-state index < -0.39 is 61.6 Å². The molecule has 1 aliphatic carbocycles. The van der Waals surface area contributed by atoms with Gasteiger partial charge in [-0.15, -0.1) is 0 Å². The third-order valence-corrected chi connectivity index (χ3v) is 13.2. The maximum Gasteiger partial charge on any atom is 0.312 e. The topological polar surface area (TPSA) is 124 Å². The molecule has 216 valence electrons. The fourth-order valence-electron chi connectivity index (χ4n) is 6.30. The average molecular weight is 565 g/mol. The van der Waals surface area contributed by atoms with Gasteiger partial charge in [0.2, 0.25) is 5.79 Å². The van der Waals surface area contributed by atoms with E-state index in [0.717, 1.165) is 5.56 Å². The SMILES string of the molecule is CC[Si](CC)(CC)O[C@@H]1[C@H](C=O)[C@H](OC(C)=O)C(OC)(OC)[C@@]2(C=O)[C@H](OCc3ccccc3)COC(=O)[C@@H]12. The van der Waals surface area contributed by atoms with Crippen LogP contribution in [-0.2, 0) is 53.9 Å². The minimum atomic E-state index is -2.49. The number of ether oxygens (including phenoxy) is 5. The summed E-state index contributed by atoms with van der Waals surface area (Å²) < 4.78 is 36.2. The second-order valence-corrected chi connectivity index (χ2v) is 14.8. The molecule has 0 aromatic heterocycles. The molecule has 0 bridgehead atoms. The van der Waals surface area contributed by atoms with E-state index in [2.05, 4.69) is 0 Å². The van der Waals surface area contributed by atoms with Crippen molar-refractivity contribution in [1.29, 1.82) is 0 Å². The first kappa shape index (κ1) is 31.1. The van der Waals surface area contributed by atoms with Crippen molar-refractivity contribution < 1.29 is 47.3 Å². The number of fused-ring (bicyclic) bond motifs is 1. The molecule has 1 aliphatic heterocycles. The van der Waals surface area contributed by atoms with Crippen LogP contribution in [0.3, 0.4) is 0 Å². The summed E-state index contributed by atoms with van der Waals surface area (Å²) in [5, 5.41) is 0. The van der Waals surface area contributed by atoms with Crippen molar-refractivity contribution in [3.8, 4) is 0 Å². The van der Waals surface area contributed by atoms with Crippen LogP contribution in [0.5, 0.6) is 0 Å². The lowest BCUT2D eigenvalue weighted by molar-refractivity contribution is -0.375. The molecule has 2 fully saturated rings. The van der Waals surface area contributed by atoms with E-state index in [4.69, 9.17) is 28.1 Å². The van der Waals surface area contributed by atoms with E-state index in [1.807, 2.05) is 51.1 Å². The summed E-state index contributed by atoms with van der Waals surface area (Å²) in [5.41, 5.74) is -1.06. The molecule has 0 N–H and O–H groups in total. The summed E-state index contributed by atoms with van der Waals surface area (Å²) in [7, 11) is 0.0715. The molecule has 39 heavy (non-hydrogen) atoms. The molecule has 6 atom stereocenters. The van der Waals surface area contributed by atoms with Gasteiger partial charge in [0, 0.05) is 21.1 Å².